The molecule has 0 aromatic heterocycles. The molecular weight excluding hydrogens is 236 g/mol. The molecule has 0 radical (unpaired) electrons. The first-order chi connectivity index (χ1) is 8.52. The number of carbonyl (C=O) groups excluding carboxylic acids is 1. The second kappa shape index (κ2) is 6.61. The maximum atomic E-state index is 11.4. The molecule has 2 amide bonds. The fourth-order valence-corrected chi connectivity index (χ4v) is 1.28. The molecule has 0 aliphatic heterocycles. The Balaban J connectivity index is 2.42. The van der Waals surface area contributed by atoms with Gasteiger partial charge in [0.05, 0.1) is 6.54 Å². The first-order valence-corrected chi connectivity index (χ1v) is 5.57. The van der Waals surface area contributed by atoms with E-state index in [9.17, 15) is 9.59 Å². The summed E-state index contributed by atoms with van der Waals surface area (Å²) in [7, 11) is 0. The summed E-state index contributed by atoms with van der Waals surface area (Å²) in [6.45, 7) is 1.69. The highest BCUT2D eigenvalue weighted by Crippen LogP contribution is 2.09. The highest BCUT2D eigenvalue weighted by molar-refractivity contribution is 5.89. The van der Waals surface area contributed by atoms with Gasteiger partial charge >= 0.3 is 12.0 Å². The van der Waals surface area contributed by atoms with Gasteiger partial charge in [0.15, 0.2) is 6.10 Å². The molecule has 1 rings (SSSR count). The molecule has 0 fully saturated rings. The number of hydrogen-bond donors (Lipinski definition) is 4. The van der Waals surface area contributed by atoms with E-state index in [1.807, 2.05) is 19.1 Å². The molecular formula is C12H16N2O4. The Bertz CT molecular complexity index is 417. The van der Waals surface area contributed by atoms with Gasteiger partial charge in [0.1, 0.15) is 0 Å². The highest BCUT2D eigenvalue weighted by atomic mass is 16.4. The molecule has 6 heteroatoms. The number of carboxylic acids is 1. The van der Waals surface area contributed by atoms with Crippen molar-refractivity contribution in [1.29, 1.82) is 0 Å². The number of urea groups is 1. The number of benzene rings is 1. The van der Waals surface area contributed by atoms with Crippen LogP contribution in [-0.4, -0.2) is 34.9 Å². The minimum atomic E-state index is -1.60. The third-order valence-corrected chi connectivity index (χ3v) is 2.36. The van der Waals surface area contributed by atoms with Crippen molar-refractivity contribution in [2.75, 3.05) is 11.9 Å². The lowest BCUT2D eigenvalue weighted by atomic mass is 10.1. The van der Waals surface area contributed by atoms with Gasteiger partial charge in [0, 0.05) is 5.69 Å². The molecule has 0 saturated carbocycles. The van der Waals surface area contributed by atoms with Crippen LogP contribution in [0, 0.1) is 0 Å². The summed E-state index contributed by atoms with van der Waals surface area (Å²) < 4.78 is 0. The second-order valence-corrected chi connectivity index (χ2v) is 3.74. The molecule has 1 aromatic rings. The third kappa shape index (κ3) is 4.42. The average Bonchev–Trinajstić information content (AvgIpc) is 2.36. The zero-order valence-electron chi connectivity index (χ0n) is 10.0. The molecule has 0 aliphatic rings. The zero-order chi connectivity index (χ0) is 13.5. The van der Waals surface area contributed by atoms with Crippen molar-refractivity contribution >= 4 is 17.7 Å². The van der Waals surface area contributed by atoms with Crippen LogP contribution < -0.4 is 10.6 Å². The number of aliphatic carboxylic acids is 1. The zero-order valence-corrected chi connectivity index (χ0v) is 10.0. The van der Waals surface area contributed by atoms with E-state index in [-0.39, 0.29) is 6.54 Å². The minimum absolute atomic E-state index is 0.339. The number of aliphatic hydroxyl groups is 1. The number of nitrogens with one attached hydrogen (secondary N) is 2. The van der Waals surface area contributed by atoms with E-state index < -0.39 is 18.1 Å². The van der Waals surface area contributed by atoms with E-state index in [0.717, 1.165) is 12.0 Å². The van der Waals surface area contributed by atoms with Crippen LogP contribution in [0.1, 0.15) is 12.5 Å². The van der Waals surface area contributed by atoms with Crippen LogP contribution in [0.5, 0.6) is 0 Å². The van der Waals surface area contributed by atoms with Gasteiger partial charge in [-0.3, -0.25) is 0 Å². The Morgan fingerprint density at radius 3 is 2.39 bits per heavy atom. The molecule has 98 valence electrons. The summed E-state index contributed by atoms with van der Waals surface area (Å²) in [5.74, 6) is -1.37. The lowest BCUT2D eigenvalue weighted by molar-refractivity contribution is -0.146. The van der Waals surface area contributed by atoms with Gasteiger partial charge in [-0.15, -0.1) is 0 Å². The number of aryl methyl sites for hydroxylation is 1. The summed E-state index contributed by atoms with van der Waals surface area (Å²) in [5, 5.41) is 22.2. The van der Waals surface area contributed by atoms with Gasteiger partial charge in [-0.1, -0.05) is 19.1 Å². The molecule has 0 bridgehead atoms. The Morgan fingerprint density at radius 2 is 1.89 bits per heavy atom. The van der Waals surface area contributed by atoms with Crippen LogP contribution >= 0.6 is 0 Å². The van der Waals surface area contributed by atoms with Crippen LogP contribution in [0.15, 0.2) is 24.3 Å². The quantitative estimate of drug-likeness (QED) is 0.623. The van der Waals surface area contributed by atoms with Crippen molar-refractivity contribution in [3.63, 3.8) is 0 Å². The first-order valence-electron chi connectivity index (χ1n) is 5.57. The van der Waals surface area contributed by atoms with E-state index in [1.54, 1.807) is 12.1 Å². The first kappa shape index (κ1) is 14.0. The summed E-state index contributed by atoms with van der Waals surface area (Å²) in [6, 6.07) is 6.74. The maximum Gasteiger partial charge on any atom is 0.334 e. The van der Waals surface area contributed by atoms with Crippen LogP contribution in [0.25, 0.3) is 0 Å². The maximum absolute atomic E-state index is 11.4. The fraction of sp³-hybridized carbons (Fsp3) is 0.333. The summed E-state index contributed by atoms with van der Waals surface area (Å²) >= 11 is 0. The normalized spacial score (nSPS) is 11.7. The standard InChI is InChI=1S/C12H16N2O4/c1-2-8-3-5-9(6-4-8)14-12(18)13-7-10(15)11(16)17/h3-6,10,15H,2,7H2,1H3,(H,16,17)(H2,13,14,18)/t10-/m0/s1. The summed E-state index contributed by atoms with van der Waals surface area (Å²) in [4.78, 5) is 21.7. The molecule has 1 aromatic carbocycles. The van der Waals surface area contributed by atoms with Gasteiger partial charge in [-0.2, -0.15) is 0 Å². The predicted octanol–water partition coefficient (Wildman–Crippen LogP) is 0.816. The number of hydrogen-bond acceptors (Lipinski definition) is 3. The van der Waals surface area contributed by atoms with Crippen molar-refractivity contribution in [2.24, 2.45) is 0 Å². The Morgan fingerprint density at radius 1 is 1.28 bits per heavy atom. The number of amides is 2. The smallest absolute Gasteiger partial charge is 0.334 e. The molecule has 18 heavy (non-hydrogen) atoms. The van der Waals surface area contributed by atoms with Crippen molar-refractivity contribution in [3.05, 3.63) is 29.8 Å². The van der Waals surface area contributed by atoms with E-state index in [1.165, 1.54) is 0 Å². The van der Waals surface area contributed by atoms with Gasteiger partial charge in [-0.05, 0) is 24.1 Å². The van der Waals surface area contributed by atoms with E-state index >= 15 is 0 Å². The van der Waals surface area contributed by atoms with Crippen LogP contribution in [0.4, 0.5) is 10.5 Å². The van der Waals surface area contributed by atoms with Crippen LogP contribution in [-0.2, 0) is 11.2 Å². The lowest BCUT2D eigenvalue weighted by Crippen LogP contribution is -2.38. The van der Waals surface area contributed by atoms with Gasteiger partial charge < -0.3 is 20.8 Å². The van der Waals surface area contributed by atoms with E-state index in [2.05, 4.69) is 10.6 Å². The molecule has 0 heterocycles. The molecule has 0 unspecified atom stereocenters. The monoisotopic (exact) mass is 252 g/mol. The predicted molar refractivity (Wildman–Crippen MR) is 66.5 cm³/mol. The van der Waals surface area contributed by atoms with Crippen LogP contribution in [0.2, 0.25) is 0 Å². The number of rotatable bonds is 5. The topological polar surface area (TPSA) is 98.7 Å². The molecule has 4 N–H and O–H groups in total. The number of carbonyl (C=O) groups is 2. The average molecular weight is 252 g/mol. The highest BCUT2D eigenvalue weighted by Gasteiger charge is 2.13. The van der Waals surface area contributed by atoms with Gasteiger partial charge in [0.2, 0.25) is 0 Å². The third-order valence-electron chi connectivity index (χ3n) is 2.36. The second-order valence-electron chi connectivity index (χ2n) is 3.74. The molecule has 0 spiro atoms. The molecule has 6 nitrogen and oxygen atoms in total. The van der Waals surface area contributed by atoms with Crippen molar-refractivity contribution in [1.82, 2.24) is 5.32 Å². The van der Waals surface area contributed by atoms with Crippen molar-refractivity contribution in [3.8, 4) is 0 Å². The molecule has 0 saturated heterocycles. The van der Waals surface area contributed by atoms with Crippen molar-refractivity contribution < 1.29 is 19.8 Å². The SMILES string of the molecule is CCc1ccc(NC(=O)NC[C@H](O)C(=O)O)cc1. The largest absolute Gasteiger partial charge is 0.479 e. The minimum Gasteiger partial charge on any atom is -0.479 e. The molecule has 1 atom stereocenters. The fourth-order valence-electron chi connectivity index (χ4n) is 1.28. The number of anilines is 1. The van der Waals surface area contributed by atoms with E-state index in [4.69, 9.17) is 10.2 Å². The Labute approximate surface area is 105 Å². The van der Waals surface area contributed by atoms with Crippen molar-refractivity contribution in [2.45, 2.75) is 19.4 Å². The number of carboxylic acid groups (broad SMARTS) is 1. The number of aliphatic hydroxyl groups excluding tert-OH is 1. The van der Waals surface area contributed by atoms with Crippen LogP contribution in [0.3, 0.4) is 0 Å². The summed E-state index contributed by atoms with van der Waals surface area (Å²) in [6.07, 6.45) is -0.685. The summed E-state index contributed by atoms with van der Waals surface area (Å²) in [5.41, 5.74) is 1.76. The van der Waals surface area contributed by atoms with E-state index in [0.29, 0.717) is 5.69 Å². The Hall–Kier alpha value is -2.08. The molecule has 0 aliphatic carbocycles. The lowest BCUT2D eigenvalue weighted by Gasteiger charge is -2.09. The Kier molecular flexibility index (Phi) is 5.13. The van der Waals surface area contributed by atoms with Gasteiger partial charge in [-0.25, -0.2) is 9.59 Å². The van der Waals surface area contributed by atoms with Gasteiger partial charge in [0.25, 0.3) is 0 Å².